The third kappa shape index (κ3) is 5.14. The highest BCUT2D eigenvalue weighted by Gasteiger charge is 2.20. The van der Waals surface area contributed by atoms with Gasteiger partial charge in [-0.25, -0.2) is 0 Å². The summed E-state index contributed by atoms with van der Waals surface area (Å²) in [5.74, 6) is -0.964. The first-order chi connectivity index (χ1) is 7.58. The van der Waals surface area contributed by atoms with Crippen molar-refractivity contribution in [3.05, 3.63) is 0 Å². The Kier molecular flexibility index (Phi) is 5.29. The van der Waals surface area contributed by atoms with Crippen LogP contribution < -0.4 is 0 Å². The Morgan fingerprint density at radius 1 is 1.12 bits per heavy atom. The predicted octanol–water partition coefficient (Wildman–Crippen LogP) is 2.20. The van der Waals surface area contributed by atoms with Crippen LogP contribution in [0.1, 0.15) is 52.4 Å². The van der Waals surface area contributed by atoms with Crippen molar-refractivity contribution >= 4 is 11.9 Å². The molecule has 0 unspecified atom stereocenters. The third-order valence-corrected chi connectivity index (χ3v) is 2.51. The van der Waals surface area contributed by atoms with Crippen LogP contribution in [-0.4, -0.2) is 24.1 Å². The van der Waals surface area contributed by atoms with Crippen molar-refractivity contribution < 1.29 is 19.1 Å². The van der Waals surface area contributed by atoms with Crippen molar-refractivity contribution in [1.29, 1.82) is 0 Å². The number of carbonyl (C=O) groups excluding carboxylic acids is 2. The molecule has 0 aliphatic heterocycles. The van der Waals surface area contributed by atoms with Gasteiger partial charge in [0, 0.05) is 0 Å². The van der Waals surface area contributed by atoms with Crippen LogP contribution in [0.4, 0.5) is 0 Å². The molecule has 0 aromatic carbocycles. The van der Waals surface area contributed by atoms with Crippen molar-refractivity contribution in [1.82, 2.24) is 0 Å². The molecule has 0 bridgehead atoms. The van der Waals surface area contributed by atoms with E-state index < -0.39 is 11.9 Å². The average molecular weight is 228 g/mol. The van der Waals surface area contributed by atoms with Crippen LogP contribution in [0.25, 0.3) is 0 Å². The fourth-order valence-corrected chi connectivity index (χ4v) is 1.83. The molecule has 0 aromatic rings. The summed E-state index contributed by atoms with van der Waals surface area (Å²) in [6.07, 6.45) is 4.82. The van der Waals surface area contributed by atoms with Crippen molar-refractivity contribution in [2.75, 3.05) is 0 Å². The van der Waals surface area contributed by atoms with Crippen LogP contribution >= 0.6 is 0 Å². The third-order valence-electron chi connectivity index (χ3n) is 2.51. The molecular formula is C12H20O4. The minimum absolute atomic E-state index is 0.00750. The Morgan fingerprint density at radius 2 is 1.75 bits per heavy atom. The van der Waals surface area contributed by atoms with Crippen LogP contribution in [0.5, 0.6) is 0 Å². The largest absolute Gasteiger partial charge is 0.463 e. The van der Waals surface area contributed by atoms with E-state index in [0.717, 1.165) is 25.7 Å². The minimum atomic E-state index is -0.504. The molecule has 4 nitrogen and oxygen atoms in total. The summed E-state index contributed by atoms with van der Waals surface area (Å²) in [7, 11) is 0. The lowest BCUT2D eigenvalue weighted by molar-refractivity contribution is -0.160. The van der Waals surface area contributed by atoms with Gasteiger partial charge >= 0.3 is 11.9 Å². The first-order valence-corrected chi connectivity index (χ1v) is 5.97. The van der Waals surface area contributed by atoms with Crippen molar-refractivity contribution in [3.8, 4) is 0 Å². The lowest BCUT2D eigenvalue weighted by Gasteiger charge is -2.21. The lowest BCUT2D eigenvalue weighted by atomic mass is 9.98. The first kappa shape index (κ1) is 13.0. The number of ether oxygens (including phenoxy) is 2. The molecule has 0 amide bonds. The molecule has 92 valence electrons. The molecule has 0 saturated heterocycles. The van der Waals surface area contributed by atoms with Gasteiger partial charge < -0.3 is 9.47 Å². The molecule has 0 spiro atoms. The summed E-state index contributed by atoms with van der Waals surface area (Å²) in [6.45, 7) is 3.51. The second-order valence-corrected chi connectivity index (χ2v) is 4.47. The van der Waals surface area contributed by atoms with Crippen molar-refractivity contribution in [3.63, 3.8) is 0 Å². The molecule has 4 heteroatoms. The van der Waals surface area contributed by atoms with Crippen LogP contribution in [0.2, 0.25) is 0 Å². The Morgan fingerprint density at radius 3 is 2.31 bits per heavy atom. The number of hydrogen-bond acceptors (Lipinski definition) is 4. The maximum Gasteiger partial charge on any atom is 0.317 e. The van der Waals surface area contributed by atoms with E-state index in [4.69, 9.17) is 9.47 Å². The fourth-order valence-electron chi connectivity index (χ4n) is 1.83. The van der Waals surface area contributed by atoms with E-state index in [1.807, 2.05) is 0 Å². The maximum atomic E-state index is 11.4. The SMILES string of the molecule is CC(C)OC(=O)CC(=O)OC1CCCCC1. The van der Waals surface area contributed by atoms with Gasteiger partial charge in [-0.2, -0.15) is 0 Å². The fraction of sp³-hybridized carbons (Fsp3) is 0.833. The second-order valence-electron chi connectivity index (χ2n) is 4.47. The van der Waals surface area contributed by atoms with E-state index >= 15 is 0 Å². The smallest absolute Gasteiger partial charge is 0.317 e. The molecular weight excluding hydrogens is 208 g/mol. The zero-order valence-corrected chi connectivity index (χ0v) is 10.0. The molecule has 0 N–H and O–H groups in total. The summed E-state index contributed by atoms with van der Waals surface area (Å²) in [5, 5.41) is 0. The highest BCUT2D eigenvalue weighted by Crippen LogP contribution is 2.20. The zero-order chi connectivity index (χ0) is 12.0. The lowest BCUT2D eigenvalue weighted by Crippen LogP contribution is -2.24. The standard InChI is InChI=1S/C12H20O4/c1-9(2)15-11(13)8-12(14)16-10-6-4-3-5-7-10/h9-10H,3-8H2,1-2H3. The number of carbonyl (C=O) groups is 2. The Labute approximate surface area is 96.3 Å². The second kappa shape index (κ2) is 6.51. The molecule has 1 fully saturated rings. The summed E-state index contributed by atoms with van der Waals surface area (Å²) < 4.78 is 10.1. The van der Waals surface area contributed by atoms with Gasteiger partial charge in [0.25, 0.3) is 0 Å². The molecule has 0 aromatic heterocycles. The molecule has 1 aliphatic carbocycles. The highest BCUT2D eigenvalue weighted by molar-refractivity contribution is 5.91. The Hall–Kier alpha value is -1.06. The van der Waals surface area contributed by atoms with E-state index in [1.165, 1.54) is 6.42 Å². The monoisotopic (exact) mass is 228 g/mol. The van der Waals surface area contributed by atoms with Gasteiger partial charge in [0.1, 0.15) is 12.5 Å². The topological polar surface area (TPSA) is 52.6 Å². The van der Waals surface area contributed by atoms with E-state index in [1.54, 1.807) is 13.8 Å². The first-order valence-electron chi connectivity index (χ1n) is 5.97. The van der Waals surface area contributed by atoms with Crippen LogP contribution in [0.15, 0.2) is 0 Å². The van der Waals surface area contributed by atoms with Crippen LogP contribution in [-0.2, 0) is 19.1 Å². The summed E-state index contributed by atoms with van der Waals surface area (Å²) in [4.78, 5) is 22.6. The van der Waals surface area contributed by atoms with E-state index in [2.05, 4.69) is 0 Å². The van der Waals surface area contributed by atoms with Gasteiger partial charge in [-0.15, -0.1) is 0 Å². The van der Waals surface area contributed by atoms with E-state index in [-0.39, 0.29) is 18.6 Å². The molecule has 0 atom stereocenters. The van der Waals surface area contributed by atoms with Crippen LogP contribution in [0.3, 0.4) is 0 Å². The normalized spacial score (nSPS) is 17.2. The molecule has 16 heavy (non-hydrogen) atoms. The molecule has 1 rings (SSSR count). The van der Waals surface area contributed by atoms with E-state index in [9.17, 15) is 9.59 Å². The Balaban J connectivity index is 2.21. The van der Waals surface area contributed by atoms with Crippen molar-refractivity contribution in [2.45, 2.75) is 64.6 Å². The highest BCUT2D eigenvalue weighted by atomic mass is 16.6. The van der Waals surface area contributed by atoms with Gasteiger partial charge in [0.05, 0.1) is 6.10 Å². The quantitative estimate of drug-likeness (QED) is 0.547. The van der Waals surface area contributed by atoms with Gasteiger partial charge in [-0.1, -0.05) is 6.42 Å². The number of hydrogen-bond donors (Lipinski definition) is 0. The van der Waals surface area contributed by atoms with Crippen molar-refractivity contribution in [2.24, 2.45) is 0 Å². The number of rotatable bonds is 4. The van der Waals surface area contributed by atoms with Gasteiger partial charge in [-0.3, -0.25) is 9.59 Å². The Bertz CT molecular complexity index is 241. The van der Waals surface area contributed by atoms with Crippen LogP contribution in [0, 0.1) is 0 Å². The summed E-state index contributed by atoms with van der Waals surface area (Å²) in [5.41, 5.74) is 0. The molecule has 0 heterocycles. The number of esters is 2. The molecule has 1 aliphatic rings. The summed E-state index contributed by atoms with van der Waals surface area (Å²) in [6, 6.07) is 0. The predicted molar refractivity (Wildman–Crippen MR) is 58.8 cm³/mol. The van der Waals surface area contributed by atoms with E-state index in [0.29, 0.717) is 0 Å². The van der Waals surface area contributed by atoms with Gasteiger partial charge in [0.15, 0.2) is 0 Å². The summed E-state index contributed by atoms with van der Waals surface area (Å²) >= 11 is 0. The maximum absolute atomic E-state index is 11.4. The molecule has 0 radical (unpaired) electrons. The average Bonchev–Trinajstić information content (AvgIpc) is 2.17. The molecule has 1 saturated carbocycles. The van der Waals surface area contributed by atoms with Gasteiger partial charge in [-0.05, 0) is 39.5 Å². The minimum Gasteiger partial charge on any atom is -0.463 e. The van der Waals surface area contributed by atoms with Gasteiger partial charge in [0.2, 0.25) is 0 Å². The zero-order valence-electron chi connectivity index (χ0n) is 10.0.